The molecule has 1 heterocycles. The Morgan fingerprint density at radius 1 is 1.23 bits per heavy atom. The quantitative estimate of drug-likeness (QED) is 0.515. The number of hydrogen-bond acceptors (Lipinski definition) is 6. The summed E-state index contributed by atoms with van der Waals surface area (Å²) in [7, 11) is -3.97. The predicted molar refractivity (Wildman–Crippen MR) is 98.5 cm³/mol. The van der Waals surface area contributed by atoms with Crippen molar-refractivity contribution in [3.8, 4) is 0 Å². The van der Waals surface area contributed by atoms with Crippen LogP contribution in [0.15, 0.2) is 29.2 Å². The zero-order valence-corrected chi connectivity index (χ0v) is 16.1. The molecule has 1 aliphatic heterocycles. The Morgan fingerprint density at radius 3 is 2.42 bits per heavy atom. The van der Waals surface area contributed by atoms with Gasteiger partial charge in [0.25, 0.3) is 5.69 Å². The summed E-state index contributed by atoms with van der Waals surface area (Å²) in [5.74, 6) is 0.335. The fourth-order valence-corrected chi connectivity index (χ4v) is 4.67. The van der Waals surface area contributed by atoms with Crippen molar-refractivity contribution in [1.82, 2.24) is 9.62 Å². The van der Waals surface area contributed by atoms with Gasteiger partial charge in [-0.2, -0.15) is 0 Å². The average molecular weight is 385 g/mol. The lowest BCUT2D eigenvalue weighted by Crippen LogP contribution is -2.52. The van der Waals surface area contributed by atoms with E-state index in [2.05, 4.69) is 23.5 Å². The lowest BCUT2D eigenvalue weighted by molar-refractivity contribution is -0.387. The van der Waals surface area contributed by atoms with E-state index in [9.17, 15) is 18.5 Å². The molecule has 1 saturated heterocycles. The van der Waals surface area contributed by atoms with Crippen molar-refractivity contribution in [3.63, 3.8) is 0 Å². The van der Waals surface area contributed by atoms with E-state index in [4.69, 9.17) is 4.74 Å². The second kappa shape index (κ2) is 9.40. The monoisotopic (exact) mass is 385 g/mol. The van der Waals surface area contributed by atoms with Crippen LogP contribution in [0.1, 0.15) is 26.7 Å². The van der Waals surface area contributed by atoms with Crippen molar-refractivity contribution in [2.45, 2.75) is 37.6 Å². The Balaban J connectivity index is 2.20. The number of hydrogen-bond donors (Lipinski definition) is 1. The molecule has 146 valence electrons. The van der Waals surface area contributed by atoms with Gasteiger partial charge in [-0.05, 0) is 12.0 Å². The number of ether oxygens (including phenoxy) is 1. The Bertz CT molecular complexity index is 700. The molecule has 1 aromatic rings. The van der Waals surface area contributed by atoms with E-state index < -0.39 is 20.6 Å². The first-order valence-electron chi connectivity index (χ1n) is 8.95. The van der Waals surface area contributed by atoms with E-state index in [0.29, 0.717) is 19.1 Å². The number of benzene rings is 1. The third-order valence-electron chi connectivity index (χ3n) is 4.94. The molecule has 9 heteroatoms. The summed E-state index contributed by atoms with van der Waals surface area (Å²) >= 11 is 0. The zero-order valence-electron chi connectivity index (χ0n) is 15.3. The molecule has 1 unspecified atom stereocenters. The van der Waals surface area contributed by atoms with Crippen LogP contribution in [0, 0.1) is 16.0 Å². The van der Waals surface area contributed by atoms with Crippen LogP contribution in [0.5, 0.6) is 0 Å². The van der Waals surface area contributed by atoms with Crippen LogP contribution in [0.2, 0.25) is 0 Å². The first kappa shape index (κ1) is 20.8. The molecule has 0 radical (unpaired) electrons. The number of nitro benzene ring substituents is 1. The lowest BCUT2D eigenvalue weighted by atomic mass is 9.92. The Hall–Kier alpha value is -1.55. The zero-order chi connectivity index (χ0) is 19.2. The molecule has 8 nitrogen and oxygen atoms in total. The summed E-state index contributed by atoms with van der Waals surface area (Å²) in [6, 6.07) is 5.45. The maximum absolute atomic E-state index is 12.7. The molecule has 0 amide bonds. The van der Waals surface area contributed by atoms with Crippen molar-refractivity contribution < 1.29 is 18.1 Å². The largest absolute Gasteiger partial charge is 0.379 e. The molecule has 2 rings (SSSR count). The standard InChI is InChI=1S/C17H27N3O5S/c1-3-14(4-2)16(19-9-11-25-12-10-19)13-18-26(23,24)17-8-6-5-7-15(17)20(21)22/h5-8,14,16,18H,3-4,9-13H2,1-2H3. The highest BCUT2D eigenvalue weighted by Gasteiger charge is 2.30. The second-order valence-corrected chi connectivity index (χ2v) is 8.10. The van der Waals surface area contributed by atoms with Crippen LogP contribution >= 0.6 is 0 Å². The minimum absolute atomic E-state index is 0.0337. The summed E-state index contributed by atoms with van der Waals surface area (Å²) in [6.07, 6.45) is 1.87. The van der Waals surface area contributed by atoms with Crippen molar-refractivity contribution in [2.24, 2.45) is 5.92 Å². The number of nitrogens with zero attached hydrogens (tertiary/aromatic N) is 2. The summed E-state index contributed by atoms with van der Waals surface area (Å²) in [6.45, 7) is 7.20. The average Bonchev–Trinajstić information content (AvgIpc) is 2.65. The fourth-order valence-electron chi connectivity index (χ4n) is 3.44. The number of para-hydroxylation sites is 1. The van der Waals surface area contributed by atoms with Crippen LogP contribution in [0.3, 0.4) is 0 Å². The minimum Gasteiger partial charge on any atom is -0.379 e. The summed E-state index contributed by atoms with van der Waals surface area (Å²) < 4.78 is 33.4. The third kappa shape index (κ3) is 5.00. The predicted octanol–water partition coefficient (Wildman–Crippen LogP) is 2.01. The van der Waals surface area contributed by atoms with E-state index in [1.54, 1.807) is 0 Å². The Morgan fingerprint density at radius 2 is 1.85 bits per heavy atom. The van der Waals surface area contributed by atoms with Crippen LogP contribution in [-0.4, -0.2) is 57.1 Å². The van der Waals surface area contributed by atoms with Gasteiger partial charge in [-0.15, -0.1) is 0 Å². The van der Waals surface area contributed by atoms with E-state index >= 15 is 0 Å². The SMILES string of the molecule is CCC(CC)C(CNS(=O)(=O)c1ccccc1[N+](=O)[O-])N1CCOCC1. The molecule has 1 fully saturated rings. The third-order valence-corrected chi connectivity index (χ3v) is 6.41. The molecular weight excluding hydrogens is 358 g/mol. The summed E-state index contributed by atoms with van der Waals surface area (Å²) in [5, 5.41) is 11.1. The minimum atomic E-state index is -3.97. The highest BCUT2D eigenvalue weighted by atomic mass is 32.2. The van der Waals surface area contributed by atoms with Gasteiger partial charge in [0, 0.05) is 31.7 Å². The molecular formula is C17H27N3O5S. The maximum atomic E-state index is 12.7. The number of nitrogens with one attached hydrogen (secondary N) is 1. The first-order valence-corrected chi connectivity index (χ1v) is 10.4. The maximum Gasteiger partial charge on any atom is 0.289 e. The van der Waals surface area contributed by atoms with Gasteiger partial charge in [-0.1, -0.05) is 38.8 Å². The smallest absolute Gasteiger partial charge is 0.289 e. The molecule has 1 N–H and O–H groups in total. The summed E-state index contributed by atoms with van der Waals surface area (Å²) in [4.78, 5) is 12.4. The van der Waals surface area contributed by atoms with Gasteiger partial charge in [0.15, 0.2) is 4.90 Å². The molecule has 0 spiro atoms. The van der Waals surface area contributed by atoms with Gasteiger partial charge in [0.1, 0.15) is 0 Å². The number of nitro groups is 1. The van der Waals surface area contributed by atoms with Gasteiger partial charge in [0.05, 0.1) is 18.1 Å². The molecule has 1 atom stereocenters. The van der Waals surface area contributed by atoms with Gasteiger partial charge >= 0.3 is 0 Å². The molecule has 1 aromatic carbocycles. The number of morpholine rings is 1. The molecule has 0 aliphatic carbocycles. The molecule has 0 aromatic heterocycles. The Kier molecular flexibility index (Phi) is 7.51. The Labute approximate surface area is 154 Å². The summed E-state index contributed by atoms with van der Waals surface area (Å²) in [5.41, 5.74) is -0.412. The van der Waals surface area contributed by atoms with Crippen molar-refractivity contribution in [1.29, 1.82) is 0 Å². The van der Waals surface area contributed by atoms with Crippen molar-refractivity contribution in [3.05, 3.63) is 34.4 Å². The lowest BCUT2D eigenvalue weighted by Gasteiger charge is -2.38. The second-order valence-electron chi connectivity index (χ2n) is 6.37. The number of rotatable bonds is 9. The van der Waals surface area contributed by atoms with Crippen molar-refractivity contribution in [2.75, 3.05) is 32.8 Å². The highest BCUT2D eigenvalue weighted by molar-refractivity contribution is 7.89. The van der Waals surface area contributed by atoms with Gasteiger partial charge in [-0.25, -0.2) is 13.1 Å². The normalized spacial score (nSPS) is 17.3. The van der Waals surface area contributed by atoms with Gasteiger partial charge < -0.3 is 4.74 Å². The van der Waals surface area contributed by atoms with E-state index in [1.165, 1.54) is 24.3 Å². The van der Waals surface area contributed by atoms with Crippen molar-refractivity contribution >= 4 is 15.7 Å². The topological polar surface area (TPSA) is 102 Å². The van der Waals surface area contributed by atoms with Gasteiger partial charge in [0.2, 0.25) is 10.0 Å². The molecule has 26 heavy (non-hydrogen) atoms. The van der Waals surface area contributed by atoms with Crippen LogP contribution < -0.4 is 4.72 Å². The number of sulfonamides is 1. The van der Waals surface area contributed by atoms with E-state index in [0.717, 1.165) is 25.9 Å². The van der Waals surface area contributed by atoms with E-state index in [-0.39, 0.29) is 17.5 Å². The van der Waals surface area contributed by atoms with Crippen LogP contribution in [-0.2, 0) is 14.8 Å². The first-order chi connectivity index (χ1) is 12.4. The van der Waals surface area contributed by atoms with Gasteiger partial charge in [-0.3, -0.25) is 15.0 Å². The van der Waals surface area contributed by atoms with E-state index in [1.807, 2.05) is 0 Å². The molecule has 0 bridgehead atoms. The molecule has 0 saturated carbocycles. The highest BCUT2D eigenvalue weighted by Crippen LogP contribution is 2.24. The fraction of sp³-hybridized carbons (Fsp3) is 0.647. The van der Waals surface area contributed by atoms with Crippen LogP contribution in [0.25, 0.3) is 0 Å². The molecule has 1 aliphatic rings. The van der Waals surface area contributed by atoms with Crippen LogP contribution in [0.4, 0.5) is 5.69 Å².